The van der Waals surface area contributed by atoms with Gasteiger partial charge >= 0.3 is 0 Å². The Hall–Kier alpha value is -1.83. The molecule has 2 unspecified atom stereocenters. The van der Waals surface area contributed by atoms with Gasteiger partial charge in [0.2, 0.25) is 0 Å². The number of piperidine rings is 1. The number of ether oxygens (including phenoxy) is 3. The molecule has 1 N–H and O–H groups in total. The van der Waals surface area contributed by atoms with Gasteiger partial charge in [0.15, 0.2) is 5.96 Å². The molecule has 2 atom stereocenters. The van der Waals surface area contributed by atoms with Crippen molar-refractivity contribution >= 4 is 5.96 Å². The first kappa shape index (κ1) is 22.4. The van der Waals surface area contributed by atoms with Crippen molar-refractivity contribution in [1.82, 2.24) is 15.1 Å². The number of morpholine rings is 1. The third-order valence-electron chi connectivity index (χ3n) is 6.81. The molecule has 7 heteroatoms. The van der Waals surface area contributed by atoms with E-state index in [0.29, 0.717) is 5.92 Å². The zero-order chi connectivity index (χ0) is 21.5. The second kappa shape index (κ2) is 11.2. The predicted molar refractivity (Wildman–Crippen MR) is 123 cm³/mol. The van der Waals surface area contributed by atoms with Gasteiger partial charge in [-0.15, -0.1) is 0 Å². The van der Waals surface area contributed by atoms with Crippen molar-refractivity contribution in [2.45, 2.75) is 44.4 Å². The normalized spacial score (nSPS) is 26.3. The van der Waals surface area contributed by atoms with Crippen LogP contribution in [0.1, 0.15) is 31.2 Å². The van der Waals surface area contributed by atoms with Crippen LogP contribution in [0, 0.1) is 5.92 Å². The second-order valence-corrected chi connectivity index (χ2v) is 8.90. The Balaban J connectivity index is 1.19. The van der Waals surface area contributed by atoms with E-state index in [1.165, 1.54) is 18.4 Å². The summed E-state index contributed by atoms with van der Waals surface area (Å²) in [5, 5.41) is 3.64. The van der Waals surface area contributed by atoms with Gasteiger partial charge in [-0.1, -0.05) is 12.1 Å². The quantitative estimate of drug-likeness (QED) is 0.552. The van der Waals surface area contributed by atoms with Crippen LogP contribution in [0.3, 0.4) is 0 Å². The van der Waals surface area contributed by atoms with Crippen LogP contribution in [0.2, 0.25) is 0 Å². The minimum Gasteiger partial charge on any atom is -0.497 e. The number of likely N-dealkylation sites (tertiary alicyclic amines) is 1. The van der Waals surface area contributed by atoms with Crippen LogP contribution in [-0.4, -0.2) is 88.1 Å². The lowest BCUT2D eigenvalue weighted by molar-refractivity contribution is -0.0817. The number of aliphatic imine (C=N–C) groups is 1. The highest BCUT2D eigenvalue weighted by Gasteiger charge is 2.32. The number of methoxy groups -OCH3 is 1. The number of hydrogen-bond donors (Lipinski definition) is 1. The van der Waals surface area contributed by atoms with Gasteiger partial charge in [0.25, 0.3) is 0 Å². The monoisotopic (exact) mass is 430 g/mol. The molecule has 3 aliphatic rings. The number of guanidine groups is 1. The Morgan fingerprint density at radius 2 is 1.84 bits per heavy atom. The van der Waals surface area contributed by atoms with E-state index in [2.05, 4.69) is 32.2 Å². The molecule has 172 valence electrons. The average molecular weight is 431 g/mol. The fourth-order valence-electron chi connectivity index (χ4n) is 4.89. The van der Waals surface area contributed by atoms with Crippen LogP contribution in [0.4, 0.5) is 0 Å². The van der Waals surface area contributed by atoms with Crippen molar-refractivity contribution < 1.29 is 14.2 Å². The molecule has 7 nitrogen and oxygen atoms in total. The molecule has 0 aromatic heterocycles. The van der Waals surface area contributed by atoms with Crippen molar-refractivity contribution in [3.8, 4) is 5.75 Å². The summed E-state index contributed by atoms with van der Waals surface area (Å²) in [7, 11) is 3.60. The van der Waals surface area contributed by atoms with Crippen LogP contribution in [-0.2, 0) is 16.0 Å². The molecule has 0 aliphatic carbocycles. The highest BCUT2D eigenvalue weighted by atomic mass is 16.5. The van der Waals surface area contributed by atoms with Crippen LogP contribution in [0.15, 0.2) is 29.3 Å². The van der Waals surface area contributed by atoms with Gasteiger partial charge < -0.3 is 24.4 Å². The highest BCUT2D eigenvalue weighted by molar-refractivity contribution is 5.80. The number of rotatable bonds is 6. The Labute approximate surface area is 186 Å². The Bertz CT molecular complexity index is 697. The maximum Gasteiger partial charge on any atom is 0.193 e. The molecule has 3 aliphatic heterocycles. The summed E-state index contributed by atoms with van der Waals surface area (Å²) in [6, 6.07) is 8.44. The zero-order valence-corrected chi connectivity index (χ0v) is 19.1. The molecule has 0 saturated carbocycles. The summed E-state index contributed by atoms with van der Waals surface area (Å²) in [6.07, 6.45) is 5.12. The van der Waals surface area contributed by atoms with E-state index in [-0.39, 0.29) is 12.2 Å². The van der Waals surface area contributed by atoms with E-state index >= 15 is 0 Å². The molecule has 0 bridgehead atoms. The molecule has 3 heterocycles. The molecule has 1 aromatic carbocycles. The summed E-state index contributed by atoms with van der Waals surface area (Å²) in [5.41, 5.74) is 1.35. The molecule has 0 spiro atoms. The summed E-state index contributed by atoms with van der Waals surface area (Å²) in [5.74, 6) is 2.62. The van der Waals surface area contributed by atoms with Crippen molar-refractivity contribution in [1.29, 1.82) is 0 Å². The Morgan fingerprint density at radius 1 is 1.06 bits per heavy atom. The summed E-state index contributed by atoms with van der Waals surface area (Å²) >= 11 is 0. The molecule has 3 fully saturated rings. The minimum atomic E-state index is 0.163. The van der Waals surface area contributed by atoms with Crippen molar-refractivity contribution in [3.05, 3.63) is 29.8 Å². The van der Waals surface area contributed by atoms with Gasteiger partial charge in [0, 0.05) is 39.8 Å². The summed E-state index contributed by atoms with van der Waals surface area (Å²) < 4.78 is 17.1. The Morgan fingerprint density at radius 3 is 2.52 bits per heavy atom. The SMILES string of the molecule is CN=C(NCC1CCN(Cc2ccc(OC)cc2)CC1)N1CCOC(C2CCCO2)C1. The third-order valence-corrected chi connectivity index (χ3v) is 6.81. The molecule has 0 radical (unpaired) electrons. The number of nitrogens with one attached hydrogen (secondary N) is 1. The molecule has 3 saturated heterocycles. The van der Waals surface area contributed by atoms with E-state index in [0.717, 1.165) is 77.0 Å². The third kappa shape index (κ3) is 6.11. The molecular formula is C24H38N4O3. The van der Waals surface area contributed by atoms with Gasteiger partial charge in [0.05, 0.1) is 19.8 Å². The van der Waals surface area contributed by atoms with E-state index in [4.69, 9.17) is 14.2 Å². The first-order valence-electron chi connectivity index (χ1n) is 11.8. The molecule has 4 rings (SSSR count). The first-order valence-corrected chi connectivity index (χ1v) is 11.8. The molecule has 1 aromatic rings. The minimum absolute atomic E-state index is 0.163. The largest absolute Gasteiger partial charge is 0.497 e. The lowest BCUT2D eigenvalue weighted by atomic mass is 9.96. The van der Waals surface area contributed by atoms with E-state index < -0.39 is 0 Å². The maximum absolute atomic E-state index is 5.99. The second-order valence-electron chi connectivity index (χ2n) is 8.90. The summed E-state index contributed by atoms with van der Waals surface area (Å²) in [6.45, 7) is 7.68. The fraction of sp³-hybridized carbons (Fsp3) is 0.708. The van der Waals surface area contributed by atoms with Gasteiger partial charge in [-0.2, -0.15) is 0 Å². The summed E-state index contributed by atoms with van der Waals surface area (Å²) in [4.78, 5) is 9.46. The van der Waals surface area contributed by atoms with Crippen LogP contribution in [0.25, 0.3) is 0 Å². The lowest BCUT2D eigenvalue weighted by Crippen LogP contribution is -2.54. The highest BCUT2D eigenvalue weighted by Crippen LogP contribution is 2.22. The predicted octanol–water partition coefficient (Wildman–Crippen LogP) is 2.36. The van der Waals surface area contributed by atoms with Gasteiger partial charge in [-0.25, -0.2) is 0 Å². The standard InChI is InChI=1S/C24H38N4O3/c1-25-24(28-13-15-31-23(18-28)22-4-3-14-30-22)26-16-19-9-11-27(12-10-19)17-20-5-7-21(29-2)8-6-20/h5-8,19,22-23H,3-4,9-18H2,1-2H3,(H,25,26). The van der Waals surface area contributed by atoms with Crippen molar-refractivity contribution in [3.63, 3.8) is 0 Å². The molecule has 0 amide bonds. The first-order chi connectivity index (χ1) is 15.2. The van der Waals surface area contributed by atoms with E-state index in [1.807, 2.05) is 19.2 Å². The van der Waals surface area contributed by atoms with Crippen LogP contribution >= 0.6 is 0 Å². The van der Waals surface area contributed by atoms with Crippen molar-refractivity contribution in [2.75, 3.05) is 60.1 Å². The number of nitrogens with zero attached hydrogens (tertiary/aromatic N) is 3. The maximum atomic E-state index is 5.99. The lowest BCUT2D eigenvalue weighted by Gasteiger charge is -2.38. The van der Waals surface area contributed by atoms with E-state index in [9.17, 15) is 0 Å². The zero-order valence-electron chi connectivity index (χ0n) is 19.1. The van der Waals surface area contributed by atoms with Gasteiger partial charge in [0.1, 0.15) is 11.9 Å². The number of hydrogen-bond acceptors (Lipinski definition) is 5. The fourth-order valence-corrected chi connectivity index (χ4v) is 4.89. The molecular weight excluding hydrogens is 392 g/mol. The van der Waals surface area contributed by atoms with Crippen molar-refractivity contribution in [2.24, 2.45) is 10.9 Å². The van der Waals surface area contributed by atoms with E-state index in [1.54, 1.807) is 7.11 Å². The topological polar surface area (TPSA) is 58.6 Å². The van der Waals surface area contributed by atoms with Crippen LogP contribution < -0.4 is 10.1 Å². The number of benzene rings is 1. The van der Waals surface area contributed by atoms with Gasteiger partial charge in [-0.05, 0) is 62.4 Å². The average Bonchev–Trinajstić information content (AvgIpc) is 3.36. The smallest absolute Gasteiger partial charge is 0.193 e. The van der Waals surface area contributed by atoms with Gasteiger partial charge in [-0.3, -0.25) is 9.89 Å². The molecule has 31 heavy (non-hydrogen) atoms. The Kier molecular flexibility index (Phi) is 8.05. The van der Waals surface area contributed by atoms with Crippen LogP contribution in [0.5, 0.6) is 5.75 Å².